The van der Waals surface area contributed by atoms with Gasteiger partial charge in [0.05, 0.1) is 11.4 Å². The highest BCUT2D eigenvalue weighted by atomic mass is 35.5. The second kappa shape index (κ2) is 10.3. The van der Waals surface area contributed by atoms with Gasteiger partial charge >= 0.3 is 6.09 Å². The van der Waals surface area contributed by atoms with Crippen LogP contribution in [-0.4, -0.2) is 54.4 Å². The molecule has 0 spiro atoms. The quantitative estimate of drug-likeness (QED) is 0.502. The van der Waals surface area contributed by atoms with Gasteiger partial charge < -0.3 is 21.1 Å². The minimum atomic E-state index is -0.313. The lowest BCUT2D eigenvalue weighted by atomic mass is 10.2. The van der Waals surface area contributed by atoms with E-state index in [4.69, 9.17) is 39.4 Å². The molecule has 0 radical (unpaired) electrons. The smallest absolute Gasteiger partial charge is 0.410 e. The Hall–Kier alpha value is -1.80. The summed E-state index contributed by atoms with van der Waals surface area (Å²) in [6.07, 6.45) is -0.313. The topological polar surface area (TPSA) is 84.8 Å². The average Bonchev–Trinajstić information content (AvgIpc) is 2.69. The van der Waals surface area contributed by atoms with Gasteiger partial charge in [-0.2, -0.15) is 0 Å². The monoisotopic (exact) mass is 454 g/mol. The molecule has 2 aromatic carbocycles. The predicted molar refractivity (Wildman–Crippen MR) is 121 cm³/mol. The normalized spacial score (nSPS) is 14.8. The molecule has 1 aliphatic rings. The highest BCUT2D eigenvalue weighted by Gasteiger charge is 2.22. The van der Waals surface area contributed by atoms with Gasteiger partial charge in [-0.1, -0.05) is 23.2 Å². The lowest BCUT2D eigenvalue weighted by molar-refractivity contribution is 0.0731. The molecular weight excluding hydrogens is 431 g/mol. The molecule has 4 N–H and O–H groups in total. The van der Waals surface area contributed by atoms with Gasteiger partial charge in [0.1, 0.15) is 6.61 Å². The number of piperazine rings is 1. The summed E-state index contributed by atoms with van der Waals surface area (Å²) in [5.41, 5.74) is 13.6. The largest absolute Gasteiger partial charge is 0.445 e. The Bertz CT molecular complexity index is 840. The maximum atomic E-state index is 12.3. The van der Waals surface area contributed by atoms with Crippen LogP contribution in [0.4, 0.5) is 16.2 Å². The number of anilines is 2. The number of nitrogen functional groups attached to an aromatic ring is 2. The molecule has 1 saturated heterocycles. The average molecular weight is 455 g/mol. The van der Waals surface area contributed by atoms with Crippen molar-refractivity contribution in [1.82, 2.24) is 9.80 Å². The fourth-order valence-electron chi connectivity index (χ4n) is 3.02. The van der Waals surface area contributed by atoms with E-state index in [2.05, 4.69) is 4.90 Å². The fraction of sp³-hybridized carbons (Fsp3) is 0.350. The van der Waals surface area contributed by atoms with E-state index in [1.54, 1.807) is 34.9 Å². The van der Waals surface area contributed by atoms with Crippen LogP contribution in [0.15, 0.2) is 41.3 Å². The van der Waals surface area contributed by atoms with Crippen molar-refractivity contribution in [2.24, 2.45) is 0 Å². The number of rotatable bonds is 6. The Balaban J connectivity index is 1.37. The first kappa shape index (κ1) is 21.9. The Morgan fingerprint density at radius 2 is 1.69 bits per heavy atom. The molecular formula is C20H24Cl2N4O2S. The molecule has 29 heavy (non-hydrogen) atoms. The van der Waals surface area contributed by atoms with Crippen molar-refractivity contribution in [1.29, 1.82) is 0 Å². The van der Waals surface area contributed by atoms with Crippen LogP contribution < -0.4 is 11.5 Å². The van der Waals surface area contributed by atoms with Gasteiger partial charge in [-0.15, -0.1) is 11.8 Å². The molecule has 0 bridgehead atoms. The summed E-state index contributed by atoms with van der Waals surface area (Å²) in [5.74, 6) is 0.948. The van der Waals surface area contributed by atoms with Crippen LogP contribution in [0.3, 0.4) is 0 Å². The molecule has 0 unspecified atom stereocenters. The third-order valence-corrected chi connectivity index (χ3v) is 6.06. The van der Waals surface area contributed by atoms with Crippen molar-refractivity contribution in [2.45, 2.75) is 11.5 Å². The van der Waals surface area contributed by atoms with Crippen LogP contribution in [0.25, 0.3) is 0 Å². The van der Waals surface area contributed by atoms with E-state index in [0.717, 1.165) is 35.8 Å². The predicted octanol–water partition coefficient (Wildman–Crippen LogP) is 4.20. The fourth-order valence-corrected chi connectivity index (χ4v) is 4.55. The zero-order valence-corrected chi connectivity index (χ0v) is 18.3. The molecule has 1 heterocycles. The van der Waals surface area contributed by atoms with Crippen molar-refractivity contribution in [3.8, 4) is 0 Å². The van der Waals surface area contributed by atoms with E-state index in [-0.39, 0.29) is 12.7 Å². The lowest BCUT2D eigenvalue weighted by Crippen LogP contribution is -2.49. The number of carbonyl (C=O) groups excluding carboxylic acids is 1. The third kappa shape index (κ3) is 6.60. The number of thioether (sulfide) groups is 1. The van der Waals surface area contributed by atoms with Crippen molar-refractivity contribution in [3.05, 3.63) is 52.0 Å². The van der Waals surface area contributed by atoms with Crippen LogP contribution in [0, 0.1) is 0 Å². The van der Waals surface area contributed by atoms with Gasteiger partial charge in [-0.25, -0.2) is 4.79 Å². The molecule has 0 aromatic heterocycles. The van der Waals surface area contributed by atoms with Gasteiger partial charge in [-0.3, -0.25) is 4.90 Å². The van der Waals surface area contributed by atoms with Gasteiger partial charge in [0.15, 0.2) is 0 Å². The Labute approximate surface area is 185 Å². The van der Waals surface area contributed by atoms with E-state index in [9.17, 15) is 4.79 Å². The summed E-state index contributed by atoms with van der Waals surface area (Å²) in [6.45, 7) is 4.04. The molecule has 0 atom stereocenters. The molecule has 1 aliphatic heterocycles. The Morgan fingerprint density at radius 3 is 2.34 bits per heavy atom. The van der Waals surface area contributed by atoms with E-state index in [1.165, 1.54) is 0 Å². The first-order valence-electron chi connectivity index (χ1n) is 9.27. The van der Waals surface area contributed by atoms with Gasteiger partial charge in [0.25, 0.3) is 0 Å². The summed E-state index contributed by atoms with van der Waals surface area (Å²) < 4.78 is 5.40. The van der Waals surface area contributed by atoms with Crippen molar-refractivity contribution in [2.75, 3.05) is 49.9 Å². The number of hydrogen-bond donors (Lipinski definition) is 2. The number of halogens is 2. The minimum Gasteiger partial charge on any atom is -0.445 e. The number of benzene rings is 2. The molecule has 2 aromatic rings. The molecule has 0 saturated carbocycles. The summed E-state index contributed by atoms with van der Waals surface area (Å²) in [7, 11) is 0. The lowest BCUT2D eigenvalue weighted by Gasteiger charge is -2.34. The second-order valence-electron chi connectivity index (χ2n) is 6.80. The number of ether oxygens (including phenoxy) is 1. The van der Waals surface area contributed by atoms with Gasteiger partial charge in [-0.05, 0) is 42.0 Å². The van der Waals surface area contributed by atoms with E-state index in [1.807, 2.05) is 18.2 Å². The number of hydrogen-bond acceptors (Lipinski definition) is 6. The molecule has 156 valence electrons. The van der Waals surface area contributed by atoms with Crippen molar-refractivity contribution in [3.63, 3.8) is 0 Å². The summed E-state index contributed by atoms with van der Waals surface area (Å²) in [4.78, 5) is 17.5. The van der Waals surface area contributed by atoms with Crippen molar-refractivity contribution < 1.29 is 9.53 Å². The van der Waals surface area contributed by atoms with E-state index < -0.39 is 0 Å². The Morgan fingerprint density at radius 1 is 1.00 bits per heavy atom. The molecule has 6 nitrogen and oxygen atoms in total. The minimum absolute atomic E-state index is 0.153. The zero-order chi connectivity index (χ0) is 20.8. The molecule has 3 rings (SSSR count). The number of nitrogens with two attached hydrogens (primary N) is 2. The number of nitrogens with zero attached hydrogens (tertiary/aromatic N) is 2. The van der Waals surface area contributed by atoms with Crippen molar-refractivity contribution >= 4 is 52.4 Å². The first-order chi connectivity index (χ1) is 13.9. The highest BCUT2D eigenvalue weighted by molar-refractivity contribution is 7.99. The first-order valence-corrected chi connectivity index (χ1v) is 11.0. The van der Waals surface area contributed by atoms with Crippen LogP contribution in [0.2, 0.25) is 10.0 Å². The van der Waals surface area contributed by atoms with Crippen LogP contribution in [-0.2, 0) is 11.3 Å². The highest BCUT2D eigenvalue weighted by Crippen LogP contribution is 2.24. The number of amides is 1. The molecule has 9 heteroatoms. The molecule has 0 aliphatic carbocycles. The maximum Gasteiger partial charge on any atom is 0.410 e. The summed E-state index contributed by atoms with van der Waals surface area (Å²) in [6, 6.07) is 10.8. The SMILES string of the molecule is Nc1ccc(SCCN2CCN(C(=O)OCc3cc(Cl)cc(Cl)c3)CC2)cc1N. The molecule has 1 fully saturated rings. The van der Waals surface area contributed by atoms with Crippen LogP contribution >= 0.6 is 35.0 Å². The Kier molecular flexibility index (Phi) is 7.77. The zero-order valence-electron chi connectivity index (χ0n) is 15.9. The van der Waals surface area contributed by atoms with Gasteiger partial charge in [0.2, 0.25) is 0 Å². The van der Waals surface area contributed by atoms with Crippen LogP contribution in [0.1, 0.15) is 5.56 Å². The summed E-state index contributed by atoms with van der Waals surface area (Å²) in [5, 5.41) is 1.05. The van der Waals surface area contributed by atoms with Gasteiger partial charge in [0, 0.05) is 53.4 Å². The summed E-state index contributed by atoms with van der Waals surface area (Å²) >= 11 is 13.7. The standard InChI is InChI=1S/C20H24Cl2N4O2S/c21-15-9-14(10-16(22)11-15)13-28-20(27)26-5-3-25(4-6-26)7-8-29-17-1-2-18(23)19(24)12-17/h1-2,9-12H,3-8,13,23-24H2. The maximum absolute atomic E-state index is 12.3. The van der Waals surface area contributed by atoms with Crippen LogP contribution in [0.5, 0.6) is 0 Å². The molecule has 1 amide bonds. The third-order valence-electron chi connectivity index (χ3n) is 4.65. The second-order valence-corrected chi connectivity index (χ2v) is 8.84. The number of carbonyl (C=O) groups is 1. The van der Waals surface area contributed by atoms with E-state index >= 15 is 0 Å². The van der Waals surface area contributed by atoms with E-state index in [0.29, 0.717) is 34.5 Å².